The van der Waals surface area contributed by atoms with Gasteiger partial charge in [-0.1, -0.05) is 0 Å². The Hall–Kier alpha value is -1.92. The van der Waals surface area contributed by atoms with Gasteiger partial charge in [0.15, 0.2) is 0 Å². The van der Waals surface area contributed by atoms with Crippen molar-refractivity contribution in [2.75, 3.05) is 31.1 Å². The summed E-state index contributed by atoms with van der Waals surface area (Å²) in [5.41, 5.74) is 4.76. The molecule has 4 heterocycles. The number of anilines is 1. The third-order valence-corrected chi connectivity index (χ3v) is 5.10. The maximum Gasteiger partial charge on any atom is 0.0918 e. The Labute approximate surface area is 143 Å². The predicted octanol–water partition coefficient (Wildman–Crippen LogP) is 1.52. The summed E-state index contributed by atoms with van der Waals surface area (Å²) in [5, 5.41) is 4.46. The summed E-state index contributed by atoms with van der Waals surface area (Å²) in [7, 11) is 1.98. The average molecular weight is 327 g/mol. The summed E-state index contributed by atoms with van der Waals surface area (Å²) in [4.78, 5) is 9.32. The number of aryl methyl sites for hydroxylation is 3. The van der Waals surface area contributed by atoms with Gasteiger partial charge in [-0.25, -0.2) is 0 Å². The lowest BCUT2D eigenvalue weighted by Crippen LogP contribution is -2.51. The van der Waals surface area contributed by atoms with Gasteiger partial charge in [-0.15, -0.1) is 0 Å². The molecule has 0 N–H and O–H groups in total. The van der Waals surface area contributed by atoms with E-state index in [-0.39, 0.29) is 6.10 Å². The van der Waals surface area contributed by atoms with Crippen molar-refractivity contribution in [3.8, 4) is 0 Å². The summed E-state index contributed by atoms with van der Waals surface area (Å²) >= 11 is 0. The standard InChI is InChI=1S/C18H25N5O/c1-13-8-16(4-5-19-13)23-6-7-24-18-12-22(11-17(18)23)10-15-9-21(3)20-14(15)2/h4-5,8-9,17-18H,6-7,10-12H2,1-3H3/t17-,18-/m0/s1. The van der Waals surface area contributed by atoms with Gasteiger partial charge in [-0.2, -0.15) is 5.10 Å². The number of likely N-dealkylation sites (tertiary alicyclic amines) is 1. The van der Waals surface area contributed by atoms with Crippen molar-refractivity contribution < 1.29 is 4.74 Å². The lowest BCUT2D eigenvalue weighted by molar-refractivity contribution is 0.0306. The summed E-state index contributed by atoms with van der Waals surface area (Å²) < 4.78 is 7.97. The highest BCUT2D eigenvalue weighted by Gasteiger charge is 2.40. The van der Waals surface area contributed by atoms with Crippen molar-refractivity contribution in [1.82, 2.24) is 19.7 Å². The Bertz CT molecular complexity index is 728. The molecule has 0 radical (unpaired) electrons. The van der Waals surface area contributed by atoms with Crippen LogP contribution < -0.4 is 4.90 Å². The molecule has 0 unspecified atom stereocenters. The first-order valence-corrected chi connectivity index (χ1v) is 8.62. The van der Waals surface area contributed by atoms with Gasteiger partial charge in [0.05, 0.1) is 24.4 Å². The van der Waals surface area contributed by atoms with Crippen molar-refractivity contribution in [3.05, 3.63) is 41.5 Å². The fraction of sp³-hybridized carbons (Fsp3) is 0.556. The number of fused-ring (bicyclic) bond motifs is 1. The summed E-state index contributed by atoms with van der Waals surface area (Å²) in [6, 6.07) is 4.71. The van der Waals surface area contributed by atoms with Gasteiger partial charge in [0.2, 0.25) is 0 Å². The fourth-order valence-corrected chi connectivity index (χ4v) is 3.97. The van der Waals surface area contributed by atoms with Gasteiger partial charge in [0.1, 0.15) is 0 Å². The number of rotatable bonds is 3. The number of hydrogen-bond donors (Lipinski definition) is 0. The van der Waals surface area contributed by atoms with Crippen LogP contribution in [-0.4, -0.2) is 58.1 Å². The van der Waals surface area contributed by atoms with Gasteiger partial charge in [0.25, 0.3) is 0 Å². The van der Waals surface area contributed by atoms with Gasteiger partial charge < -0.3 is 9.64 Å². The molecule has 128 valence electrons. The zero-order valence-corrected chi connectivity index (χ0v) is 14.6. The van der Waals surface area contributed by atoms with E-state index in [1.807, 2.05) is 24.9 Å². The highest BCUT2D eigenvalue weighted by atomic mass is 16.5. The molecule has 0 aromatic carbocycles. The van der Waals surface area contributed by atoms with Crippen LogP contribution in [0.3, 0.4) is 0 Å². The van der Waals surface area contributed by atoms with Gasteiger partial charge >= 0.3 is 0 Å². The Morgan fingerprint density at radius 2 is 2.17 bits per heavy atom. The minimum atomic E-state index is 0.282. The predicted molar refractivity (Wildman–Crippen MR) is 93.1 cm³/mol. The van der Waals surface area contributed by atoms with Crippen LogP contribution in [0.25, 0.3) is 0 Å². The van der Waals surface area contributed by atoms with Crippen molar-refractivity contribution in [1.29, 1.82) is 0 Å². The summed E-state index contributed by atoms with van der Waals surface area (Å²) in [5.74, 6) is 0. The van der Waals surface area contributed by atoms with E-state index in [1.165, 1.54) is 11.3 Å². The quantitative estimate of drug-likeness (QED) is 0.855. The largest absolute Gasteiger partial charge is 0.373 e. The second-order valence-corrected chi connectivity index (χ2v) is 6.93. The van der Waals surface area contributed by atoms with E-state index >= 15 is 0 Å². The molecule has 0 spiro atoms. The van der Waals surface area contributed by atoms with E-state index in [9.17, 15) is 0 Å². The van der Waals surface area contributed by atoms with Crippen LogP contribution in [0.4, 0.5) is 5.69 Å². The van der Waals surface area contributed by atoms with Crippen LogP contribution in [-0.2, 0) is 18.3 Å². The van der Waals surface area contributed by atoms with Gasteiger partial charge in [-0.3, -0.25) is 14.6 Å². The van der Waals surface area contributed by atoms with E-state index in [0.29, 0.717) is 6.04 Å². The molecule has 2 aromatic rings. The zero-order valence-electron chi connectivity index (χ0n) is 14.6. The topological polar surface area (TPSA) is 46.4 Å². The molecule has 0 bridgehead atoms. The third-order valence-electron chi connectivity index (χ3n) is 5.10. The molecule has 2 aliphatic heterocycles. The monoisotopic (exact) mass is 327 g/mol. The highest BCUT2D eigenvalue weighted by molar-refractivity contribution is 5.48. The lowest BCUT2D eigenvalue weighted by atomic mass is 10.1. The summed E-state index contributed by atoms with van der Waals surface area (Å²) in [6.07, 6.45) is 4.31. The Balaban J connectivity index is 1.51. The lowest BCUT2D eigenvalue weighted by Gasteiger charge is -2.38. The maximum atomic E-state index is 6.07. The molecule has 2 fully saturated rings. The molecule has 6 nitrogen and oxygen atoms in total. The molecule has 0 amide bonds. The second kappa shape index (κ2) is 6.18. The number of nitrogens with zero attached hydrogens (tertiary/aromatic N) is 5. The Morgan fingerprint density at radius 1 is 1.29 bits per heavy atom. The average Bonchev–Trinajstić information content (AvgIpc) is 3.09. The molecule has 2 aliphatic rings. The van der Waals surface area contributed by atoms with Crippen molar-refractivity contribution in [2.24, 2.45) is 7.05 Å². The fourth-order valence-electron chi connectivity index (χ4n) is 3.97. The third kappa shape index (κ3) is 2.91. The molecular formula is C18H25N5O. The van der Waals surface area contributed by atoms with Gasteiger partial charge in [-0.05, 0) is 26.0 Å². The molecule has 2 saturated heterocycles. The second-order valence-electron chi connectivity index (χ2n) is 6.93. The van der Waals surface area contributed by atoms with Gasteiger partial charge in [0, 0.05) is 62.6 Å². The molecule has 0 saturated carbocycles. The Morgan fingerprint density at radius 3 is 2.92 bits per heavy atom. The normalized spacial score (nSPS) is 24.4. The molecule has 2 atom stereocenters. The number of hydrogen-bond acceptors (Lipinski definition) is 5. The first-order chi connectivity index (χ1) is 11.6. The first-order valence-electron chi connectivity index (χ1n) is 8.62. The first kappa shape index (κ1) is 15.6. The van der Waals surface area contributed by atoms with E-state index in [2.05, 4.69) is 45.1 Å². The van der Waals surface area contributed by atoms with Crippen LogP contribution in [0.2, 0.25) is 0 Å². The van der Waals surface area contributed by atoms with E-state index < -0.39 is 0 Å². The van der Waals surface area contributed by atoms with E-state index in [4.69, 9.17) is 4.74 Å². The molecular weight excluding hydrogens is 302 g/mol. The SMILES string of the molecule is Cc1cc(N2CCO[C@H]3CN(Cc4cn(C)nc4C)C[C@@H]32)ccn1. The van der Waals surface area contributed by atoms with Crippen molar-refractivity contribution in [3.63, 3.8) is 0 Å². The smallest absolute Gasteiger partial charge is 0.0918 e. The number of pyridine rings is 1. The van der Waals surface area contributed by atoms with Crippen LogP contribution in [0.1, 0.15) is 17.0 Å². The minimum Gasteiger partial charge on any atom is -0.373 e. The number of ether oxygens (including phenoxy) is 1. The molecule has 2 aromatic heterocycles. The van der Waals surface area contributed by atoms with Crippen molar-refractivity contribution >= 4 is 5.69 Å². The number of aromatic nitrogens is 3. The van der Waals surface area contributed by atoms with Crippen LogP contribution in [0, 0.1) is 13.8 Å². The molecule has 6 heteroatoms. The highest BCUT2D eigenvalue weighted by Crippen LogP contribution is 2.29. The molecule has 24 heavy (non-hydrogen) atoms. The van der Waals surface area contributed by atoms with Crippen LogP contribution in [0.5, 0.6) is 0 Å². The Kier molecular flexibility index (Phi) is 4.02. The molecule has 4 rings (SSSR count). The zero-order chi connectivity index (χ0) is 16.7. The van der Waals surface area contributed by atoms with E-state index in [1.54, 1.807) is 0 Å². The van der Waals surface area contributed by atoms with Crippen molar-refractivity contribution in [2.45, 2.75) is 32.5 Å². The summed E-state index contributed by atoms with van der Waals surface area (Å²) in [6.45, 7) is 8.83. The van der Waals surface area contributed by atoms with Crippen LogP contribution >= 0.6 is 0 Å². The van der Waals surface area contributed by atoms with E-state index in [0.717, 1.165) is 44.2 Å². The maximum absolute atomic E-state index is 6.07. The minimum absolute atomic E-state index is 0.282. The number of morpholine rings is 1. The van der Waals surface area contributed by atoms with Crippen LogP contribution in [0.15, 0.2) is 24.5 Å². The molecule has 0 aliphatic carbocycles.